The Bertz CT molecular complexity index is 716. The summed E-state index contributed by atoms with van der Waals surface area (Å²) in [5.74, 6) is 0.0938. The zero-order chi connectivity index (χ0) is 16.7. The summed E-state index contributed by atoms with van der Waals surface area (Å²) in [5.41, 5.74) is 1.21. The van der Waals surface area contributed by atoms with Gasteiger partial charge in [-0.15, -0.1) is 0 Å². The summed E-state index contributed by atoms with van der Waals surface area (Å²) in [5, 5.41) is 0. The quantitative estimate of drug-likeness (QED) is 0.482. The van der Waals surface area contributed by atoms with Gasteiger partial charge in [-0.25, -0.2) is 9.59 Å². The Balaban J connectivity index is 1.98. The highest BCUT2D eigenvalue weighted by molar-refractivity contribution is 5.90. The van der Waals surface area contributed by atoms with Crippen LogP contribution in [0.5, 0.6) is 11.5 Å². The van der Waals surface area contributed by atoms with E-state index in [9.17, 15) is 9.59 Å². The maximum Gasteiger partial charge on any atom is 0.337 e. The van der Waals surface area contributed by atoms with Gasteiger partial charge in [-0.3, -0.25) is 0 Å². The molecule has 0 spiro atoms. The number of methoxy groups -OCH3 is 2. The molecule has 0 heterocycles. The predicted molar refractivity (Wildman–Crippen MR) is 85.4 cm³/mol. The van der Waals surface area contributed by atoms with Crippen molar-refractivity contribution >= 4 is 18.0 Å². The van der Waals surface area contributed by atoms with E-state index in [4.69, 9.17) is 9.47 Å². The smallest absolute Gasteiger partial charge is 0.337 e. The van der Waals surface area contributed by atoms with Crippen LogP contribution in [-0.2, 0) is 9.53 Å². The first kappa shape index (κ1) is 16.3. The summed E-state index contributed by atoms with van der Waals surface area (Å²) in [7, 11) is 2.88. The highest BCUT2D eigenvalue weighted by Gasteiger charge is 2.06. The zero-order valence-corrected chi connectivity index (χ0v) is 12.8. The Morgan fingerprint density at radius 1 is 0.957 bits per heavy atom. The highest BCUT2D eigenvalue weighted by atomic mass is 16.5. The number of benzene rings is 2. The molecular weight excluding hydrogens is 296 g/mol. The van der Waals surface area contributed by atoms with Gasteiger partial charge in [0.05, 0.1) is 19.8 Å². The first-order valence-electron chi connectivity index (χ1n) is 6.84. The van der Waals surface area contributed by atoms with Crippen LogP contribution in [0.4, 0.5) is 0 Å². The molecule has 0 amide bonds. The van der Waals surface area contributed by atoms with Crippen molar-refractivity contribution in [2.75, 3.05) is 14.2 Å². The molecular formula is C18H16O5. The van der Waals surface area contributed by atoms with E-state index in [1.54, 1.807) is 19.3 Å². The monoisotopic (exact) mass is 312 g/mol. The highest BCUT2D eigenvalue weighted by Crippen LogP contribution is 2.15. The topological polar surface area (TPSA) is 61.8 Å². The average molecular weight is 312 g/mol. The van der Waals surface area contributed by atoms with Gasteiger partial charge in [-0.2, -0.15) is 0 Å². The number of hydrogen-bond acceptors (Lipinski definition) is 5. The molecule has 2 aromatic rings. The van der Waals surface area contributed by atoms with Crippen molar-refractivity contribution in [3.63, 3.8) is 0 Å². The Hall–Kier alpha value is -3.08. The molecule has 0 fully saturated rings. The molecule has 0 aromatic heterocycles. The third-order valence-corrected chi connectivity index (χ3v) is 3.00. The van der Waals surface area contributed by atoms with Gasteiger partial charge < -0.3 is 14.2 Å². The lowest BCUT2D eigenvalue weighted by atomic mass is 10.2. The molecule has 0 radical (unpaired) electrons. The molecule has 118 valence electrons. The van der Waals surface area contributed by atoms with E-state index in [1.165, 1.54) is 37.5 Å². The number of carbonyl (C=O) groups is 2. The fourth-order valence-electron chi connectivity index (χ4n) is 1.84. The standard InChI is InChI=1S/C18H16O5/c1-21-16-5-3-4-13(12-16)6-11-17(19)23-15-9-7-14(8-10-15)18(20)22-2/h3-12H,1-2H3. The molecule has 0 atom stereocenters. The first-order chi connectivity index (χ1) is 11.1. The van der Waals surface area contributed by atoms with Crippen molar-refractivity contribution in [1.29, 1.82) is 0 Å². The van der Waals surface area contributed by atoms with Crippen molar-refractivity contribution in [3.8, 4) is 11.5 Å². The Morgan fingerprint density at radius 3 is 2.35 bits per heavy atom. The molecule has 0 unspecified atom stereocenters. The number of ether oxygens (including phenoxy) is 3. The summed E-state index contributed by atoms with van der Waals surface area (Å²) in [4.78, 5) is 23.1. The van der Waals surface area contributed by atoms with E-state index in [0.717, 1.165) is 5.56 Å². The summed E-state index contributed by atoms with van der Waals surface area (Å²) < 4.78 is 14.9. The van der Waals surface area contributed by atoms with E-state index in [0.29, 0.717) is 17.1 Å². The van der Waals surface area contributed by atoms with E-state index in [2.05, 4.69) is 4.74 Å². The fraction of sp³-hybridized carbons (Fsp3) is 0.111. The van der Waals surface area contributed by atoms with Gasteiger partial charge in [0, 0.05) is 6.08 Å². The lowest BCUT2D eigenvalue weighted by Gasteiger charge is -2.03. The zero-order valence-electron chi connectivity index (χ0n) is 12.8. The largest absolute Gasteiger partial charge is 0.497 e. The maximum absolute atomic E-state index is 11.8. The predicted octanol–water partition coefficient (Wildman–Crippen LogP) is 3.10. The van der Waals surface area contributed by atoms with Crippen LogP contribution >= 0.6 is 0 Å². The Kier molecular flexibility index (Phi) is 5.52. The molecule has 23 heavy (non-hydrogen) atoms. The second kappa shape index (κ2) is 7.79. The fourth-order valence-corrected chi connectivity index (χ4v) is 1.84. The van der Waals surface area contributed by atoms with Gasteiger partial charge in [-0.1, -0.05) is 12.1 Å². The van der Waals surface area contributed by atoms with Gasteiger partial charge in [0.1, 0.15) is 11.5 Å². The van der Waals surface area contributed by atoms with Gasteiger partial charge in [-0.05, 0) is 48.0 Å². The second-order valence-corrected chi connectivity index (χ2v) is 4.55. The van der Waals surface area contributed by atoms with Crippen molar-refractivity contribution in [2.45, 2.75) is 0 Å². The van der Waals surface area contributed by atoms with Crippen LogP contribution in [0.1, 0.15) is 15.9 Å². The molecule has 0 aliphatic carbocycles. The van der Waals surface area contributed by atoms with Gasteiger partial charge in [0.2, 0.25) is 0 Å². The molecule has 2 rings (SSSR count). The third-order valence-electron chi connectivity index (χ3n) is 3.00. The van der Waals surface area contributed by atoms with Crippen LogP contribution in [0.2, 0.25) is 0 Å². The minimum Gasteiger partial charge on any atom is -0.497 e. The first-order valence-corrected chi connectivity index (χ1v) is 6.84. The SMILES string of the molecule is COC(=O)c1ccc(OC(=O)C=Cc2cccc(OC)c2)cc1. The number of hydrogen-bond donors (Lipinski definition) is 0. The molecule has 0 aliphatic heterocycles. The molecule has 5 nitrogen and oxygen atoms in total. The lowest BCUT2D eigenvalue weighted by Crippen LogP contribution is -2.05. The van der Waals surface area contributed by atoms with Crippen molar-refractivity contribution in [1.82, 2.24) is 0 Å². The van der Waals surface area contributed by atoms with E-state index in [-0.39, 0.29) is 0 Å². The average Bonchev–Trinajstić information content (AvgIpc) is 2.60. The molecule has 0 saturated heterocycles. The summed E-state index contributed by atoms with van der Waals surface area (Å²) >= 11 is 0. The van der Waals surface area contributed by atoms with E-state index >= 15 is 0 Å². The Labute approximate surface area is 134 Å². The molecule has 0 aliphatic rings. The minimum atomic E-state index is -0.515. The molecule has 0 N–H and O–H groups in total. The van der Waals surface area contributed by atoms with E-state index < -0.39 is 11.9 Å². The van der Waals surface area contributed by atoms with Crippen LogP contribution in [0.25, 0.3) is 6.08 Å². The lowest BCUT2D eigenvalue weighted by molar-refractivity contribution is -0.128. The van der Waals surface area contributed by atoms with Crippen molar-refractivity contribution in [2.24, 2.45) is 0 Å². The normalized spacial score (nSPS) is 10.3. The van der Waals surface area contributed by atoms with Gasteiger partial charge in [0.25, 0.3) is 0 Å². The van der Waals surface area contributed by atoms with Crippen LogP contribution in [0.3, 0.4) is 0 Å². The number of esters is 2. The summed E-state index contributed by atoms with van der Waals surface area (Å²) in [6, 6.07) is 13.4. The summed E-state index contributed by atoms with van der Waals surface area (Å²) in [6.45, 7) is 0. The summed E-state index contributed by atoms with van der Waals surface area (Å²) in [6.07, 6.45) is 2.96. The molecule has 5 heteroatoms. The third kappa shape index (κ3) is 4.71. The van der Waals surface area contributed by atoms with Gasteiger partial charge >= 0.3 is 11.9 Å². The maximum atomic E-state index is 11.8. The molecule has 2 aromatic carbocycles. The van der Waals surface area contributed by atoms with E-state index in [1.807, 2.05) is 18.2 Å². The Morgan fingerprint density at radius 2 is 1.70 bits per heavy atom. The van der Waals surface area contributed by atoms with Crippen LogP contribution in [-0.4, -0.2) is 26.2 Å². The van der Waals surface area contributed by atoms with Gasteiger partial charge in [0.15, 0.2) is 0 Å². The minimum absolute atomic E-state index is 0.345. The van der Waals surface area contributed by atoms with Crippen molar-refractivity contribution in [3.05, 3.63) is 65.7 Å². The second-order valence-electron chi connectivity index (χ2n) is 4.55. The van der Waals surface area contributed by atoms with Crippen molar-refractivity contribution < 1.29 is 23.8 Å². The van der Waals surface area contributed by atoms with Crippen LogP contribution < -0.4 is 9.47 Å². The molecule has 0 saturated carbocycles. The molecule has 0 bridgehead atoms. The number of rotatable bonds is 5. The number of carbonyl (C=O) groups excluding carboxylic acids is 2. The van der Waals surface area contributed by atoms with Crippen LogP contribution in [0.15, 0.2) is 54.6 Å². The van der Waals surface area contributed by atoms with Crippen LogP contribution in [0, 0.1) is 0 Å².